The van der Waals surface area contributed by atoms with E-state index in [0.717, 1.165) is 25.2 Å². The van der Waals surface area contributed by atoms with Crippen LogP contribution < -0.4 is 0 Å². The summed E-state index contributed by atoms with van der Waals surface area (Å²) in [6.07, 6.45) is 5.53. The highest BCUT2D eigenvalue weighted by Gasteiger charge is 2.27. The monoisotopic (exact) mass is 309 g/mol. The van der Waals surface area contributed by atoms with Crippen LogP contribution in [0.4, 0.5) is 4.79 Å². The van der Waals surface area contributed by atoms with Crippen LogP contribution in [0.25, 0.3) is 0 Å². The first-order valence-corrected chi connectivity index (χ1v) is 7.87. The molecule has 1 aliphatic rings. The van der Waals surface area contributed by atoms with Crippen molar-refractivity contribution in [2.24, 2.45) is 13.0 Å². The third kappa shape index (κ3) is 5.02. The lowest BCUT2D eigenvalue weighted by atomic mass is 9.99. The Morgan fingerprint density at radius 1 is 1.45 bits per heavy atom. The number of aromatic nitrogens is 2. The summed E-state index contributed by atoms with van der Waals surface area (Å²) in [6.45, 7) is 8.30. The van der Waals surface area contributed by atoms with E-state index in [1.165, 1.54) is 0 Å². The van der Waals surface area contributed by atoms with Gasteiger partial charge in [-0.3, -0.25) is 0 Å². The summed E-state index contributed by atoms with van der Waals surface area (Å²) in [5.41, 5.74) is -0.446. The normalized spacial score (nSPS) is 19.3. The van der Waals surface area contributed by atoms with Crippen LogP contribution in [0.5, 0.6) is 0 Å². The van der Waals surface area contributed by atoms with E-state index >= 15 is 0 Å². The van der Waals surface area contributed by atoms with E-state index in [0.29, 0.717) is 25.7 Å². The minimum Gasteiger partial charge on any atom is -0.444 e. The van der Waals surface area contributed by atoms with Crippen molar-refractivity contribution in [3.05, 3.63) is 18.2 Å². The smallest absolute Gasteiger partial charge is 0.410 e. The lowest BCUT2D eigenvalue weighted by Crippen LogP contribution is -2.43. The molecule has 0 saturated carbocycles. The molecule has 1 saturated heterocycles. The Hall–Kier alpha value is -1.56. The minimum absolute atomic E-state index is 0.221. The fourth-order valence-corrected chi connectivity index (χ4v) is 2.55. The number of hydrogen-bond donors (Lipinski definition) is 0. The maximum Gasteiger partial charge on any atom is 0.410 e. The Labute approximate surface area is 132 Å². The first-order chi connectivity index (χ1) is 10.3. The van der Waals surface area contributed by atoms with Crippen LogP contribution in [-0.4, -0.2) is 45.8 Å². The summed E-state index contributed by atoms with van der Waals surface area (Å²) < 4.78 is 13.2. The van der Waals surface area contributed by atoms with Crippen molar-refractivity contribution >= 4 is 6.09 Å². The second-order valence-electron chi connectivity index (χ2n) is 6.90. The quantitative estimate of drug-likeness (QED) is 0.858. The van der Waals surface area contributed by atoms with Crippen LogP contribution in [0.3, 0.4) is 0 Å². The van der Waals surface area contributed by atoms with Gasteiger partial charge in [-0.2, -0.15) is 0 Å². The van der Waals surface area contributed by atoms with Crippen LogP contribution in [0.1, 0.15) is 39.4 Å². The van der Waals surface area contributed by atoms with Crippen molar-refractivity contribution < 1.29 is 14.3 Å². The van der Waals surface area contributed by atoms with Gasteiger partial charge in [-0.15, -0.1) is 0 Å². The molecule has 1 amide bonds. The summed E-state index contributed by atoms with van der Waals surface area (Å²) in [5, 5.41) is 0. The highest BCUT2D eigenvalue weighted by atomic mass is 16.6. The molecule has 0 radical (unpaired) electrons. The SMILES string of the molecule is Cn1ccnc1COC[C@H]1CCCN(C(=O)OC(C)(C)C)C1. The number of amides is 1. The highest BCUT2D eigenvalue weighted by Crippen LogP contribution is 2.20. The third-order valence-corrected chi connectivity index (χ3v) is 3.68. The van der Waals surface area contributed by atoms with Gasteiger partial charge in [0.25, 0.3) is 0 Å². The van der Waals surface area contributed by atoms with Gasteiger partial charge >= 0.3 is 6.09 Å². The van der Waals surface area contributed by atoms with Gasteiger partial charge in [0.15, 0.2) is 0 Å². The zero-order valence-corrected chi connectivity index (χ0v) is 14.0. The van der Waals surface area contributed by atoms with E-state index in [-0.39, 0.29) is 6.09 Å². The summed E-state index contributed by atoms with van der Waals surface area (Å²) in [5.74, 6) is 1.28. The number of likely N-dealkylation sites (tertiary alicyclic amines) is 1. The van der Waals surface area contributed by atoms with Gasteiger partial charge in [-0.25, -0.2) is 9.78 Å². The predicted molar refractivity (Wildman–Crippen MR) is 83.4 cm³/mol. The first kappa shape index (κ1) is 16.8. The Kier molecular flexibility index (Phi) is 5.45. The number of carbonyl (C=O) groups excluding carboxylic acids is 1. The number of hydrogen-bond acceptors (Lipinski definition) is 4. The Morgan fingerprint density at radius 2 is 2.23 bits per heavy atom. The van der Waals surface area contributed by atoms with Gasteiger partial charge in [-0.1, -0.05) is 0 Å². The predicted octanol–water partition coefficient (Wildman–Crippen LogP) is 2.58. The number of aryl methyl sites for hydroxylation is 1. The molecule has 124 valence electrons. The Bertz CT molecular complexity index is 493. The maximum absolute atomic E-state index is 12.1. The van der Waals surface area contributed by atoms with Gasteiger partial charge in [0, 0.05) is 38.4 Å². The van der Waals surface area contributed by atoms with Crippen LogP contribution in [-0.2, 0) is 23.1 Å². The summed E-state index contributed by atoms with van der Waals surface area (Å²) in [7, 11) is 1.95. The van der Waals surface area contributed by atoms with Crippen molar-refractivity contribution in [1.82, 2.24) is 14.5 Å². The van der Waals surface area contributed by atoms with Gasteiger partial charge in [0.1, 0.15) is 18.0 Å². The zero-order valence-electron chi connectivity index (χ0n) is 14.0. The van der Waals surface area contributed by atoms with Crippen molar-refractivity contribution in [3.63, 3.8) is 0 Å². The van der Waals surface area contributed by atoms with Gasteiger partial charge < -0.3 is 18.9 Å². The summed E-state index contributed by atoms with van der Waals surface area (Å²) in [6, 6.07) is 0. The molecule has 1 aromatic rings. The van der Waals surface area contributed by atoms with Crippen molar-refractivity contribution in [2.45, 2.75) is 45.8 Å². The minimum atomic E-state index is -0.446. The van der Waals surface area contributed by atoms with E-state index in [1.807, 2.05) is 38.6 Å². The molecule has 0 unspecified atom stereocenters. The molecule has 1 atom stereocenters. The van der Waals surface area contributed by atoms with Crippen LogP contribution in [0.15, 0.2) is 12.4 Å². The molecule has 0 bridgehead atoms. The number of piperidine rings is 1. The molecule has 1 aromatic heterocycles. The van der Waals surface area contributed by atoms with E-state index in [9.17, 15) is 4.79 Å². The molecule has 6 heteroatoms. The molecule has 0 N–H and O–H groups in total. The third-order valence-electron chi connectivity index (χ3n) is 3.68. The second kappa shape index (κ2) is 7.13. The average Bonchev–Trinajstić information content (AvgIpc) is 2.83. The number of nitrogens with zero attached hydrogens (tertiary/aromatic N) is 3. The van der Waals surface area contributed by atoms with Gasteiger partial charge in [0.05, 0.1) is 6.61 Å². The number of carbonyl (C=O) groups is 1. The van der Waals surface area contributed by atoms with Gasteiger partial charge in [0.2, 0.25) is 0 Å². The average molecular weight is 309 g/mol. The topological polar surface area (TPSA) is 56.6 Å². The number of rotatable bonds is 4. The standard InChI is InChI=1S/C16H27N3O3/c1-16(2,3)22-15(20)19-8-5-6-13(10-19)11-21-12-14-17-7-9-18(14)4/h7,9,13H,5-6,8,10-12H2,1-4H3/t13-/m0/s1. The molecule has 0 aliphatic carbocycles. The number of imidazole rings is 1. The molecule has 1 aliphatic heterocycles. The summed E-state index contributed by atoms with van der Waals surface area (Å²) in [4.78, 5) is 18.1. The molecule has 0 aromatic carbocycles. The Morgan fingerprint density at radius 3 is 2.86 bits per heavy atom. The first-order valence-electron chi connectivity index (χ1n) is 7.87. The van der Waals surface area contributed by atoms with E-state index in [2.05, 4.69) is 4.98 Å². The van der Waals surface area contributed by atoms with Crippen molar-refractivity contribution in [2.75, 3.05) is 19.7 Å². The fourth-order valence-electron chi connectivity index (χ4n) is 2.55. The van der Waals surface area contributed by atoms with E-state index in [1.54, 1.807) is 11.1 Å². The fraction of sp³-hybridized carbons (Fsp3) is 0.750. The van der Waals surface area contributed by atoms with E-state index < -0.39 is 5.60 Å². The van der Waals surface area contributed by atoms with Gasteiger partial charge in [-0.05, 0) is 33.6 Å². The molecule has 22 heavy (non-hydrogen) atoms. The molecule has 6 nitrogen and oxygen atoms in total. The molecular formula is C16H27N3O3. The Balaban J connectivity index is 1.76. The second-order valence-corrected chi connectivity index (χ2v) is 6.90. The molecule has 2 heterocycles. The van der Waals surface area contributed by atoms with Crippen LogP contribution >= 0.6 is 0 Å². The largest absolute Gasteiger partial charge is 0.444 e. The van der Waals surface area contributed by atoms with E-state index in [4.69, 9.17) is 9.47 Å². The lowest BCUT2D eigenvalue weighted by Gasteiger charge is -2.34. The zero-order chi connectivity index (χ0) is 16.2. The maximum atomic E-state index is 12.1. The molecular weight excluding hydrogens is 282 g/mol. The van der Waals surface area contributed by atoms with Crippen molar-refractivity contribution in [1.29, 1.82) is 0 Å². The van der Waals surface area contributed by atoms with Crippen LogP contribution in [0, 0.1) is 5.92 Å². The molecule has 2 rings (SSSR count). The summed E-state index contributed by atoms with van der Waals surface area (Å²) >= 11 is 0. The lowest BCUT2D eigenvalue weighted by molar-refractivity contribution is 0.00525. The van der Waals surface area contributed by atoms with Crippen LogP contribution in [0.2, 0.25) is 0 Å². The number of ether oxygens (including phenoxy) is 2. The van der Waals surface area contributed by atoms with Crippen molar-refractivity contribution in [3.8, 4) is 0 Å². The molecule has 0 spiro atoms. The molecule has 1 fully saturated rings. The highest BCUT2D eigenvalue weighted by molar-refractivity contribution is 5.68.